The molecule has 1 unspecified atom stereocenters. The predicted molar refractivity (Wildman–Crippen MR) is 134 cm³/mol. The van der Waals surface area contributed by atoms with Crippen LogP contribution in [0.5, 0.6) is 0 Å². The van der Waals surface area contributed by atoms with Gasteiger partial charge in [-0.3, -0.25) is 0 Å². The number of hydrogen-bond donors (Lipinski definition) is 1. The number of methoxy groups -OCH3 is 1. The molecule has 0 fully saturated rings. The minimum Gasteiger partial charge on any atom is -0.465 e. The van der Waals surface area contributed by atoms with Crippen LogP contribution in [0.15, 0.2) is 60.7 Å². The molecule has 6 nitrogen and oxygen atoms in total. The average molecular weight is 572 g/mol. The van der Waals surface area contributed by atoms with Gasteiger partial charge in [0.1, 0.15) is 6.10 Å². The molecule has 194 valence electrons. The summed E-state index contributed by atoms with van der Waals surface area (Å²) in [5.74, 6) is -0.718. The zero-order valence-corrected chi connectivity index (χ0v) is 21.5. The first kappa shape index (κ1) is 28.4. The van der Waals surface area contributed by atoms with Gasteiger partial charge in [0, 0.05) is 21.7 Å². The molecule has 0 saturated heterocycles. The molecule has 0 amide bonds. The van der Waals surface area contributed by atoms with E-state index < -0.39 is 35.4 Å². The molecule has 1 atom stereocenters. The van der Waals surface area contributed by atoms with Gasteiger partial charge in [-0.2, -0.15) is 21.6 Å². The number of para-hydroxylation sites is 1. The monoisotopic (exact) mass is 571 g/mol. The third-order valence-electron chi connectivity index (χ3n) is 5.58. The smallest absolute Gasteiger partial charge is 0.416 e. The standard InChI is InChI=1S/C25H18Cl2F3NO3.O2S/c1-13-10-14(25(28,29)30)11-19-17(13)12-20(31(19)15-6-4-3-5-7-15)23(32)21-18(26)9-8-16(22(21)27)24(33)34-2;1-3-2/h3-12,23,32H,1-2H3;. The molecule has 37 heavy (non-hydrogen) atoms. The molecule has 0 aliphatic heterocycles. The number of rotatable bonds is 4. The number of ether oxygens (including phenoxy) is 1. The number of carbonyl (C=O) groups is 1. The van der Waals surface area contributed by atoms with Gasteiger partial charge in [-0.25, -0.2) is 4.79 Å². The van der Waals surface area contributed by atoms with Crippen molar-refractivity contribution in [2.45, 2.75) is 19.2 Å². The van der Waals surface area contributed by atoms with E-state index in [0.717, 1.165) is 12.1 Å². The Morgan fingerprint density at radius 1 is 1.05 bits per heavy atom. The highest BCUT2D eigenvalue weighted by Crippen LogP contribution is 2.41. The molecule has 12 heteroatoms. The average Bonchev–Trinajstić information content (AvgIpc) is 3.24. The van der Waals surface area contributed by atoms with Gasteiger partial charge in [0.05, 0.1) is 34.5 Å². The van der Waals surface area contributed by atoms with Crippen LogP contribution < -0.4 is 0 Å². The molecule has 0 aliphatic rings. The maximum atomic E-state index is 13.6. The Hall–Kier alpha value is -3.18. The van der Waals surface area contributed by atoms with Crippen molar-refractivity contribution in [3.05, 3.63) is 98.7 Å². The van der Waals surface area contributed by atoms with Crippen LogP contribution in [0.25, 0.3) is 16.6 Å². The highest BCUT2D eigenvalue weighted by Gasteiger charge is 2.33. The van der Waals surface area contributed by atoms with Crippen molar-refractivity contribution in [3.8, 4) is 5.69 Å². The van der Waals surface area contributed by atoms with Gasteiger partial charge in [-0.15, -0.1) is 0 Å². The zero-order valence-electron chi connectivity index (χ0n) is 19.2. The second-order valence-corrected chi connectivity index (χ2v) is 8.67. The maximum absolute atomic E-state index is 13.6. The summed E-state index contributed by atoms with van der Waals surface area (Å²) in [6, 6.07) is 15.1. The molecule has 4 rings (SSSR count). The van der Waals surface area contributed by atoms with Crippen molar-refractivity contribution in [1.82, 2.24) is 4.57 Å². The molecule has 1 N–H and O–H groups in total. The van der Waals surface area contributed by atoms with E-state index in [2.05, 4.69) is 0 Å². The molecule has 4 aromatic rings. The quantitative estimate of drug-likeness (QED) is 0.284. The summed E-state index contributed by atoms with van der Waals surface area (Å²) in [5, 5.41) is 11.9. The van der Waals surface area contributed by atoms with Gasteiger partial charge in [0.15, 0.2) is 0 Å². The Kier molecular flexibility index (Phi) is 8.80. The lowest BCUT2D eigenvalue weighted by Crippen LogP contribution is -2.11. The normalized spacial score (nSPS) is 12.0. The van der Waals surface area contributed by atoms with Gasteiger partial charge in [0.2, 0.25) is 0 Å². The van der Waals surface area contributed by atoms with E-state index in [9.17, 15) is 23.1 Å². The number of alkyl halides is 3. The molecule has 0 radical (unpaired) electrons. The number of carbonyl (C=O) groups excluding carboxylic acids is 1. The fraction of sp³-hybridized carbons (Fsp3) is 0.160. The van der Waals surface area contributed by atoms with E-state index in [4.69, 9.17) is 36.4 Å². The summed E-state index contributed by atoms with van der Waals surface area (Å²) in [7, 11) is 1.19. The lowest BCUT2D eigenvalue weighted by Gasteiger charge is -2.19. The van der Waals surface area contributed by atoms with Crippen LogP contribution in [0.2, 0.25) is 10.0 Å². The SMILES string of the molecule is COC(=O)c1ccc(Cl)c(C(O)c2cc3c(C)cc(C(F)(F)F)cc3n2-c2ccccc2)c1Cl.O=S=O. The highest BCUT2D eigenvalue weighted by atomic mass is 35.5. The number of hydrogen-bond acceptors (Lipinski definition) is 5. The number of nitrogens with zero attached hydrogens (tertiary/aromatic N) is 1. The van der Waals surface area contributed by atoms with Gasteiger partial charge in [-0.1, -0.05) is 41.4 Å². The number of halogens is 5. The summed E-state index contributed by atoms with van der Waals surface area (Å²) in [5.41, 5.74) is 0.631. The van der Waals surface area contributed by atoms with E-state index in [1.54, 1.807) is 43.3 Å². The van der Waals surface area contributed by atoms with E-state index >= 15 is 0 Å². The molecular weight excluding hydrogens is 554 g/mol. The molecule has 3 aromatic carbocycles. The summed E-state index contributed by atoms with van der Waals surface area (Å²) in [4.78, 5) is 12.1. The Morgan fingerprint density at radius 2 is 1.68 bits per heavy atom. The van der Waals surface area contributed by atoms with Crippen LogP contribution in [-0.4, -0.2) is 31.2 Å². The van der Waals surface area contributed by atoms with Gasteiger partial charge >= 0.3 is 23.7 Å². The minimum absolute atomic E-state index is 0.000488. The Morgan fingerprint density at radius 3 is 2.24 bits per heavy atom. The molecule has 0 spiro atoms. The van der Waals surface area contributed by atoms with Crippen LogP contribution in [-0.2, 0) is 22.5 Å². The Bertz CT molecular complexity index is 1500. The van der Waals surface area contributed by atoms with Crippen LogP contribution in [0.4, 0.5) is 13.2 Å². The first-order valence-electron chi connectivity index (χ1n) is 10.4. The van der Waals surface area contributed by atoms with Gasteiger partial charge < -0.3 is 14.4 Å². The lowest BCUT2D eigenvalue weighted by molar-refractivity contribution is -0.137. The number of aryl methyl sites for hydroxylation is 1. The minimum atomic E-state index is -4.55. The third-order valence-corrected chi connectivity index (χ3v) is 6.32. The first-order valence-corrected chi connectivity index (χ1v) is 11.8. The second kappa shape index (κ2) is 11.5. The molecule has 1 heterocycles. The van der Waals surface area contributed by atoms with Crippen molar-refractivity contribution >= 4 is 51.6 Å². The lowest BCUT2D eigenvalue weighted by atomic mass is 10.0. The summed E-state index contributed by atoms with van der Waals surface area (Å²) >= 11 is 12.0. The van der Waals surface area contributed by atoms with Crippen molar-refractivity contribution in [3.63, 3.8) is 0 Å². The van der Waals surface area contributed by atoms with Crippen LogP contribution in [0.3, 0.4) is 0 Å². The van der Waals surface area contributed by atoms with Crippen LogP contribution in [0.1, 0.15) is 38.8 Å². The summed E-state index contributed by atoms with van der Waals surface area (Å²) in [6.07, 6.45) is -6.02. The van der Waals surface area contributed by atoms with Crippen molar-refractivity contribution in [2.24, 2.45) is 0 Å². The van der Waals surface area contributed by atoms with Crippen molar-refractivity contribution in [2.75, 3.05) is 7.11 Å². The first-order chi connectivity index (χ1) is 17.5. The summed E-state index contributed by atoms with van der Waals surface area (Å²) in [6.45, 7) is 1.57. The van der Waals surface area contributed by atoms with Crippen LogP contribution in [0, 0.1) is 6.92 Å². The number of aliphatic hydroxyl groups is 1. The number of aliphatic hydroxyl groups excluding tert-OH is 1. The number of fused-ring (bicyclic) bond motifs is 1. The second-order valence-electron chi connectivity index (χ2n) is 7.75. The molecular formula is C25H18Cl2F3NO5S. The van der Waals surface area contributed by atoms with E-state index in [-0.39, 0.29) is 32.4 Å². The van der Waals surface area contributed by atoms with Crippen LogP contribution >= 0.6 is 23.2 Å². The molecule has 1 aromatic heterocycles. The number of aromatic nitrogens is 1. The third kappa shape index (κ3) is 5.72. The highest BCUT2D eigenvalue weighted by molar-refractivity contribution is 7.51. The van der Waals surface area contributed by atoms with E-state index in [1.165, 1.54) is 23.8 Å². The van der Waals surface area contributed by atoms with E-state index in [0.29, 0.717) is 16.6 Å². The van der Waals surface area contributed by atoms with E-state index in [1.807, 2.05) is 0 Å². The Balaban J connectivity index is 0.00000121. The molecule has 0 bridgehead atoms. The number of esters is 1. The largest absolute Gasteiger partial charge is 0.465 e. The fourth-order valence-electron chi connectivity index (χ4n) is 3.97. The maximum Gasteiger partial charge on any atom is 0.416 e. The predicted octanol–water partition coefficient (Wildman–Crippen LogP) is 6.46. The topological polar surface area (TPSA) is 85.6 Å². The van der Waals surface area contributed by atoms with Gasteiger partial charge in [0.25, 0.3) is 0 Å². The Labute approximate surface area is 222 Å². The molecule has 0 saturated carbocycles. The summed E-state index contributed by atoms with van der Waals surface area (Å²) < 4.78 is 63.6. The van der Waals surface area contributed by atoms with Crippen molar-refractivity contribution < 1.29 is 36.2 Å². The van der Waals surface area contributed by atoms with Gasteiger partial charge in [-0.05, 0) is 55.0 Å². The fourth-order valence-corrected chi connectivity index (χ4v) is 4.62. The number of benzene rings is 3. The molecule has 0 aliphatic carbocycles. The zero-order chi connectivity index (χ0) is 27.5. The van der Waals surface area contributed by atoms with Crippen molar-refractivity contribution in [1.29, 1.82) is 0 Å².